The Kier molecular flexibility index (Phi) is 5.31. The average molecular weight is 293 g/mol. The molecule has 1 N–H and O–H groups in total. The van der Waals surface area contributed by atoms with E-state index in [0.29, 0.717) is 5.56 Å². The Labute approximate surface area is 123 Å². The predicted molar refractivity (Wildman–Crippen MR) is 76.2 cm³/mol. The number of amides is 1. The molecule has 1 fully saturated rings. The molecule has 1 aliphatic rings. The molecular formula is C16H20FNO3. The molecular weight excluding hydrogens is 273 g/mol. The van der Waals surface area contributed by atoms with Gasteiger partial charge in [-0.05, 0) is 43.0 Å². The van der Waals surface area contributed by atoms with Crippen molar-refractivity contribution in [2.24, 2.45) is 5.92 Å². The predicted octanol–water partition coefficient (Wildman–Crippen LogP) is 2.68. The normalized spacial score (nSPS) is 17.0. The van der Waals surface area contributed by atoms with Crippen LogP contribution in [0.4, 0.5) is 4.39 Å². The first-order chi connectivity index (χ1) is 10.1. The number of nitrogens with one attached hydrogen (secondary N) is 1. The van der Waals surface area contributed by atoms with E-state index in [-0.39, 0.29) is 11.8 Å². The molecule has 1 aromatic carbocycles. The number of methoxy groups -OCH3 is 1. The molecule has 0 heterocycles. The number of halogens is 1. The molecule has 1 saturated carbocycles. The number of hydrogen-bond donors (Lipinski definition) is 1. The smallest absolute Gasteiger partial charge is 0.328 e. The Morgan fingerprint density at radius 1 is 1.19 bits per heavy atom. The van der Waals surface area contributed by atoms with E-state index >= 15 is 0 Å². The molecule has 1 aliphatic carbocycles. The van der Waals surface area contributed by atoms with Gasteiger partial charge in [-0.15, -0.1) is 0 Å². The first-order valence-corrected chi connectivity index (χ1v) is 7.26. The van der Waals surface area contributed by atoms with Crippen LogP contribution in [0.5, 0.6) is 0 Å². The molecule has 0 radical (unpaired) electrons. The minimum Gasteiger partial charge on any atom is -0.467 e. The lowest BCUT2D eigenvalue weighted by molar-refractivity contribution is -0.144. The van der Waals surface area contributed by atoms with E-state index in [1.165, 1.54) is 31.4 Å². The van der Waals surface area contributed by atoms with Crippen molar-refractivity contribution in [3.8, 4) is 0 Å². The number of carbonyl (C=O) groups excluding carboxylic acids is 2. The van der Waals surface area contributed by atoms with Gasteiger partial charge in [-0.2, -0.15) is 0 Å². The summed E-state index contributed by atoms with van der Waals surface area (Å²) in [6.07, 6.45) is 5.10. The second-order valence-electron chi connectivity index (χ2n) is 5.38. The number of hydrogen-bond acceptors (Lipinski definition) is 3. The SMILES string of the molecule is COC(=O)[C@H](NC(=O)c1ccc(F)cc1)C1CCCCC1. The van der Waals surface area contributed by atoms with Crippen molar-refractivity contribution in [1.29, 1.82) is 0 Å². The summed E-state index contributed by atoms with van der Waals surface area (Å²) in [6, 6.07) is 4.62. The maximum Gasteiger partial charge on any atom is 0.328 e. The van der Waals surface area contributed by atoms with Crippen molar-refractivity contribution in [2.45, 2.75) is 38.1 Å². The standard InChI is InChI=1S/C16H20FNO3/c1-21-16(20)14(11-5-3-2-4-6-11)18-15(19)12-7-9-13(17)10-8-12/h7-11,14H,2-6H2,1H3,(H,18,19)/t14-/m1/s1. The average Bonchev–Trinajstić information content (AvgIpc) is 2.53. The molecule has 0 aromatic heterocycles. The summed E-state index contributed by atoms with van der Waals surface area (Å²) in [7, 11) is 1.32. The van der Waals surface area contributed by atoms with Crippen LogP contribution in [-0.4, -0.2) is 25.0 Å². The summed E-state index contributed by atoms with van der Waals surface area (Å²) in [5.74, 6) is -1.09. The van der Waals surface area contributed by atoms with Crippen molar-refractivity contribution in [2.75, 3.05) is 7.11 Å². The van der Waals surface area contributed by atoms with Crippen molar-refractivity contribution >= 4 is 11.9 Å². The first-order valence-electron chi connectivity index (χ1n) is 7.26. The fourth-order valence-electron chi connectivity index (χ4n) is 2.79. The van der Waals surface area contributed by atoms with Crippen LogP contribution >= 0.6 is 0 Å². The van der Waals surface area contributed by atoms with Crippen LogP contribution in [0.3, 0.4) is 0 Å². The molecule has 4 nitrogen and oxygen atoms in total. The highest BCUT2D eigenvalue weighted by Gasteiger charge is 2.31. The molecule has 1 aromatic rings. The van der Waals surface area contributed by atoms with E-state index in [9.17, 15) is 14.0 Å². The van der Waals surface area contributed by atoms with Crippen molar-refractivity contribution < 1.29 is 18.7 Å². The van der Waals surface area contributed by atoms with Crippen LogP contribution in [0.2, 0.25) is 0 Å². The van der Waals surface area contributed by atoms with E-state index in [0.717, 1.165) is 32.1 Å². The van der Waals surface area contributed by atoms with Crippen LogP contribution in [0.1, 0.15) is 42.5 Å². The van der Waals surface area contributed by atoms with Gasteiger partial charge in [-0.1, -0.05) is 19.3 Å². The summed E-state index contributed by atoms with van der Waals surface area (Å²) in [5.41, 5.74) is 0.334. The Morgan fingerprint density at radius 3 is 2.38 bits per heavy atom. The highest BCUT2D eigenvalue weighted by Crippen LogP contribution is 2.27. The molecule has 0 bridgehead atoms. The fourth-order valence-corrected chi connectivity index (χ4v) is 2.79. The van der Waals surface area contributed by atoms with E-state index in [1.807, 2.05) is 0 Å². The van der Waals surface area contributed by atoms with Crippen molar-refractivity contribution in [3.63, 3.8) is 0 Å². The lowest BCUT2D eigenvalue weighted by atomic mass is 9.83. The van der Waals surface area contributed by atoms with Crippen LogP contribution in [0.25, 0.3) is 0 Å². The van der Waals surface area contributed by atoms with E-state index < -0.39 is 17.8 Å². The minimum atomic E-state index is -0.632. The van der Waals surface area contributed by atoms with E-state index in [2.05, 4.69) is 5.32 Å². The molecule has 0 unspecified atom stereocenters. The van der Waals surface area contributed by atoms with Gasteiger partial charge >= 0.3 is 5.97 Å². The lowest BCUT2D eigenvalue weighted by Gasteiger charge is -2.29. The van der Waals surface area contributed by atoms with Crippen LogP contribution in [0, 0.1) is 11.7 Å². The molecule has 0 aliphatic heterocycles. The Balaban J connectivity index is 2.08. The Hall–Kier alpha value is -1.91. The minimum absolute atomic E-state index is 0.107. The van der Waals surface area contributed by atoms with Gasteiger partial charge in [-0.3, -0.25) is 4.79 Å². The summed E-state index contributed by atoms with van der Waals surface area (Å²) in [5, 5.41) is 2.74. The number of benzene rings is 1. The lowest BCUT2D eigenvalue weighted by Crippen LogP contribution is -2.47. The topological polar surface area (TPSA) is 55.4 Å². The van der Waals surface area contributed by atoms with Crippen molar-refractivity contribution in [1.82, 2.24) is 5.32 Å². The van der Waals surface area contributed by atoms with Gasteiger partial charge < -0.3 is 10.1 Å². The molecule has 2 rings (SSSR count). The second-order valence-corrected chi connectivity index (χ2v) is 5.38. The molecule has 5 heteroatoms. The van der Waals surface area contributed by atoms with Crippen molar-refractivity contribution in [3.05, 3.63) is 35.6 Å². The molecule has 0 saturated heterocycles. The van der Waals surface area contributed by atoms with Crippen LogP contribution in [-0.2, 0) is 9.53 Å². The summed E-state index contributed by atoms with van der Waals surface area (Å²) < 4.78 is 17.7. The van der Waals surface area contributed by atoms with Crippen LogP contribution < -0.4 is 5.32 Å². The molecule has 114 valence electrons. The van der Waals surface area contributed by atoms with E-state index in [1.54, 1.807) is 0 Å². The molecule has 0 spiro atoms. The van der Waals surface area contributed by atoms with Crippen LogP contribution in [0.15, 0.2) is 24.3 Å². The van der Waals surface area contributed by atoms with Gasteiger partial charge in [0, 0.05) is 5.56 Å². The summed E-state index contributed by atoms with van der Waals surface area (Å²) in [6.45, 7) is 0. The third-order valence-corrected chi connectivity index (χ3v) is 3.97. The zero-order valence-corrected chi connectivity index (χ0v) is 12.1. The quantitative estimate of drug-likeness (QED) is 0.868. The largest absolute Gasteiger partial charge is 0.467 e. The third kappa shape index (κ3) is 4.03. The van der Waals surface area contributed by atoms with Gasteiger partial charge in [0.2, 0.25) is 0 Å². The number of rotatable bonds is 4. The van der Waals surface area contributed by atoms with Gasteiger partial charge in [0.15, 0.2) is 0 Å². The zero-order valence-electron chi connectivity index (χ0n) is 12.1. The summed E-state index contributed by atoms with van der Waals surface area (Å²) >= 11 is 0. The van der Waals surface area contributed by atoms with Gasteiger partial charge in [-0.25, -0.2) is 9.18 Å². The third-order valence-electron chi connectivity index (χ3n) is 3.97. The Morgan fingerprint density at radius 2 is 1.81 bits per heavy atom. The Bertz CT molecular complexity index is 495. The monoisotopic (exact) mass is 293 g/mol. The maximum absolute atomic E-state index is 12.9. The number of esters is 1. The zero-order chi connectivity index (χ0) is 15.2. The highest BCUT2D eigenvalue weighted by atomic mass is 19.1. The van der Waals surface area contributed by atoms with Gasteiger partial charge in [0.25, 0.3) is 5.91 Å². The number of carbonyl (C=O) groups is 2. The van der Waals surface area contributed by atoms with Gasteiger partial charge in [0.05, 0.1) is 7.11 Å². The van der Waals surface area contributed by atoms with Gasteiger partial charge in [0.1, 0.15) is 11.9 Å². The summed E-state index contributed by atoms with van der Waals surface area (Å²) in [4.78, 5) is 24.1. The maximum atomic E-state index is 12.9. The molecule has 1 amide bonds. The molecule has 21 heavy (non-hydrogen) atoms. The highest BCUT2D eigenvalue weighted by molar-refractivity contribution is 5.96. The number of ether oxygens (including phenoxy) is 1. The second kappa shape index (κ2) is 7.20. The van der Waals surface area contributed by atoms with E-state index in [4.69, 9.17) is 4.74 Å². The fraction of sp³-hybridized carbons (Fsp3) is 0.500. The first kappa shape index (κ1) is 15.5. The molecule has 1 atom stereocenters.